The van der Waals surface area contributed by atoms with Crippen LogP contribution in [0, 0.1) is 29.6 Å². The third kappa shape index (κ3) is 6.01. The van der Waals surface area contributed by atoms with Crippen LogP contribution in [0.3, 0.4) is 0 Å². The van der Waals surface area contributed by atoms with Crippen LogP contribution in [-0.4, -0.2) is 18.0 Å². The molecule has 0 spiro atoms. The van der Waals surface area contributed by atoms with Gasteiger partial charge in [0, 0.05) is 24.9 Å². The van der Waals surface area contributed by atoms with Gasteiger partial charge in [-0.3, -0.25) is 0 Å². The van der Waals surface area contributed by atoms with Gasteiger partial charge in [-0.05, 0) is 45.2 Å². The highest BCUT2D eigenvalue weighted by Gasteiger charge is 2.18. The fourth-order valence-electron chi connectivity index (χ4n) is 2.33. The van der Waals surface area contributed by atoms with Crippen LogP contribution in [0.15, 0.2) is 24.4 Å². The van der Waals surface area contributed by atoms with Crippen LogP contribution < -0.4 is 0 Å². The zero-order valence-corrected chi connectivity index (χ0v) is 13.2. The normalized spacial score (nSPS) is 18.5. The van der Waals surface area contributed by atoms with Crippen molar-refractivity contribution in [2.45, 2.75) is 53.0 Å². The van der Waals surface area contributed by atoms with Gasteiger partial charge in [-0.1, -0.05) is 43.9 Å². The minimum atomic E-state index is 0.377. The smallest absolute Gasteiger partial charge is 0.0356 e. The van der Waals surface area contributed by atoms with E-state index in [1.807, 2.05) is 6.20 Å². The highest BCUT2D eigenvalue weighted by molar-refractivity contribution is 5.17. The van der Waals surface area contributed by atoms with Crippen LogP contribution in [0.2, 0.25) is 0 Å². The van der Waals surface area contributed by atoms with E-state index in [4.69, 9.17) is 0 Å². The molecule has 0 amide bonds. The van der Waals surface area contributed by atoms with E-state index in [2.05, 4.69) is 64.1 Å². The maximum absolute atomic E-state index is 3.87. The van der Waals surface area contributed by atoms with Crippen molar-refractivity contribution >= 4 is 0 Å². The summed E-state index contributed by atoms with van der Waals surface area (Å²) in [6, 6.07) is 0.525. The van der Waals surface area contributed by atoms with E-state index in [0.29, 0.717) is 23.8 Å². The van der Waals surface area contributed by atoms with E-state index < -0.39 is 0 Å². The molecule has 0 aromatic heterocycles. The van der Waals surface area contributed by atoms with Crippen molar-refractivity contribution in [2.75, 3.05) is 7.05 Å². The van der Waals surface area contributed by atoms with Crippen LogP contribution in [-0.2, 0) is 0 Å². The molecular weight excluding hydrogens is 230 g/mol. The summed E-state index contributed by atoms with van der Waals surface area (Å²) < 4.78 is 0. The van der Waals surface area contributed by atoms with Crippen molar-refractivity contribution in [1.29, 1.82) is 0 Å². The lowest BCUT2D eigenvalue weighted by atomic mass is 9.94. The molecule has 1 rings (SSSR count). The fraction of sp³-hybridized carbons (Fsp3) is 0.667. The maximum Gasteiger partial charge on any atom is 0.0356 e. The van der Waals surface area contributed by atoms with Crippen LogP contribution in [0.25, 0.3) is 0 Å². The van der Waals surface area contributed by atoms with E-state index in [1.165, 1.54) is 18.4 Å². The summed E-state index contributed by atoms with van der Waals surface area (Å²) in [7, 11) is 2.11. The molecule has 19 heavy (non-hydrogen) atoms. The van der Waals surface area contributed by atoms with Crippen molar-refractivity contribution < 1.29 is 0 Å². The molecule has 0 N–H and O–H groups in total. The average Bonchev–Trinajstić information content (AvgIpc) is 3.16. The van der Waals surface area contributed by atoms with E-state index in [-0.39, 0.29) is 0 Å². The Hall–Kier alpha value is -1.16. The standard InChI is InChI=1S/C18H29N/c1-7-19(6)18(14(2)3)13-16(5)12-15(4)8-9-17-10-11-17/h7,12,14-15,17-18H,1,10-11,13H2,2-6H3/b16-12+. The summed E-state index contributed by atoms with van der Waals surface area (Å²) in [5, 5.41) is 0. The minimum Gasteiger partial charge on any atom is -0.377 e. The zero-order valence-electron chi connectivity index (χ0n) is 13.2. The number of nitrogens with zero attached hydrogens (tertiary/aromatic N) is 1. The first-order chi connectivity index (χ1) is 8.93. The highest BCUT2D eigenvalue weighted by atomic mass is 15.1. The SMILES string of the molecule is C=CN(C)C(C/C(C)=C/C(C)C#CC1CC1)C(C)C. The lowest BCUT2D eigenvalue weighted by Crippen LogP contribution is -2.32. The zero-order chi connectivity index (χ0) is 14.4. The van der Waals surface area contributed by atoms with Gasteiger partial charge in [-0.2, -0.15) is 0 Å². The van der Waals surface area contributed by atoms with Crippen LogP contribution in [0.1, 0.15) is 47.0 Å². The Labute approximate surface area is 119 Å². The molecule has 0 heterocycles. The van der Waals surface area contributed by atoms with Gasteiger partial charge in [0.15, 0.2) is 0 Å². The Morgan fingerprint density at radius 2 is 2.00 bits per heavy atom. The second-order valence-electron chi connectivity index (χ2n) is 6.23. The fourth-order valence-corrected chi connectivity index (χ4v) is 2.33. The molecule has 1 fully saturated rings. The van der Waals surface area contributed by atoms with Crippen molar-refractivity contribution in [3.8, 4) is 11.8 Å². The van der Waals surface area contributed by atoms with E-state index in [1.54, 1.807) is 0 Å². The summed E-state index contributed by atoms with van der Waals surface area (Å²) in [6.45, 7) is 12.8. The van der Waals surface area contributed by atoms with Crippen molar-refractivity contribution in [3.63, 3.8) is 0 Å². The largest absolute Gasteiger partial charge is 0.377 e. The number of allylic oxidation sites excluding steroid dienone is 1. The first-order valence-electron chi connectivity index (χ1n) is 7.46. The first-order valence-corrected chi connectivity index (χ1v) is 7.46. The van der Waals surface area contributed by atoms with Gasteiger partial charge < -0.3 is 4.90 Å². The Morgan fingerprint density at radius 1 is 1.37 bits per heavy atom. The minimum absolute atomic E-state index is 0.377. The van der Waals surface area contributed by atoms with Gasteiger partial charge in [0.05, 0.1) is 0 Å². The monoisotopic (exact) mass is 259 g/mol. The molecule has 106 valence electrons. The molecule has 1 nitrogen and oxygen atoms in total. The molecule has 1 saturated carbocycles. The predicted octanol–water partition coefficient (Wildman–Crippen LogP) is 4.47. The van der Waals surface area contributed by atoms with Gasteiger partial charge in [-0.25, -0.2) is 0 Å². The van der Waals surface area contributed by atoms with E-state index >= 15 is 0 Å². The molecule has 0 radical (unpaired) electrons. The molecule has 0 aromatic carbocycles. The molecule has 0 aliphatic heterocycles. The number of hydrogen-bond acceptors (Lipinski definition) is 1. The Bertz CT molecular complexity index is 376. The highest BCUT2D eigenvalue weighted by Crippen LogP contribution is 2.27. The summed E-state index contributed by atoms with van der Waals surface area (Å²) >= 11 is 0. The van der Waals surface area contributed by atoms with Gasteiger partial charge >= 0.3 is 0 Å². The van der Waals surface area contributed by atoms with Crippen LogP contribution >= 0.6 is 0 Å². The molecule has 1 aliphatic rings. The van der Waals surface area contributed by atoms with Gasteiger partial charge in [-0.15, -0.1) is 0 Å². The quantitative estimate of drug-likeness (QED) is 0.502. The van der Waals surface area contributed by atoms with Crippen LogP contribution in [0.4, 0.5) is 0 Å². The average molecular weight is 259 g/mol. The Morgan fingerprint density at radius 3 is 2.47 bits per heavy atom. The predicted molar refractivity (Wildman–Crippen MR) is 84.6 cm³/mol. The van der Waals surface area contributed by atoms with Crippen molar-refractivity contribution in [1.82, 2.24) is 4.90 Å². The Balaban J connectivity index is 2.57. The topological polar surface area (TPSA) is 3.24 Å². The second kappa shape index (κ2) is 7.43. The van der Waals surface area contributed by atoms with Gasteiger partial charge in [0.2, 0.25) is 0 Å². The molecule has 1 aliphatic carbocycles. The summed E-state index contributed by atoms with van der Waals surface area (Å²) in [6.07, 6.45) is 7.95. The van der Waals surface area contributed by atoms with Crippen LogP contribution in [0.5, 0.6) is 0 Å². The Kier molecular flexibility index (Phi) is 6.22. The second-order valence-corrected chi connectivity index (χ2v) is 6.23. The molecule has 0 aromatic rings. The molecule has 0 bridgehead atoms. The van der Waals surface area contributed by atoms with E-state index in [0.717, 1.165) is 6.42 Å². The maximum atomic E-state index is 3.87. The lowest BCUT2D eigenvalue weighted by molar-refractivity contribution is 0.257. The molecular formula is C18H29N. The molecule has 2 atom stereocenters. The van der Waals surface area contributed by atoms with Gasteiger partial charge in [0.25, 0.3) is 0 Å². The van der Waals surface area contributed by atoms with E-state index in [9.17, 15) is 0 Å². The van der Waals surface area contributed by atoms with Crippen molar-refractivity contribution in [3.05, 3.63) is 24.4 Å². The number of hydrogen-bond donors (Lipinski definition) is 0. The first kappa shape index (κ1) is 15.9. The molecule has 0 saturated heterocycles. The third-order valence-electron chi connectivity index (χ3n) is 3.74. The van der Waals surface area contributed by atoms with Gasteiger partial charge in [0.1, 0.15) is 0 Å². The summed E-state index contributed by atoms with van der Waals surface area (Å²) in [5.74, 6) is 8.41. The summed E-state index contributed by atoms with van der Waals surface area (Å²) in [5.41, 5.74) is 1.44. The summed E-state index contributed by atoms with van der Waals surface area (Å²) in [4.78, 5) is 2.22. The third-order valence-corrected chi connectivity index (χ3v) is 3.74. The lowest BCUT2D eigenvalue weighted by Gasteiger charge is -2.30. The van der Waals surface area contributed by atoms with Crippen molar-refractivity contribution in [2.24, 2.45) is 17.8 Å². The molecule has 1 heteroatoms. The number of rotatable bonds is 6. The molecule has 2 unspecified atom stereocenters.